The van der Waals surface area contributed by atoms with Crippen LogP contribution in [0.5, 0.6) is 0 Å². The number of hydrogen-bond donors (Lipinski definition) is 1. The van der Waals surface area contributed by atoms with Crippen molar-refractivity contribution in [1.82, 2.24) is 19.7 Å². The van der Waals surface area contributed by atoms with Crippen LogP contribution < -0.4 is 5.32 Å². The number of alkyl halides is 3. The minimum absolute atomic E-state index is 0.0708. The topological polar surface area (TPSA) is 89.4 Å². The Bertz CT molecular complexity index is 1450. The largest absolute Gasteiger partial charge is 0.443 e. The molecule has 2 aromatic heterocycles. The van der Waals surface area contributed by atoms with E-state index in [-0.39, 0.29) is 23.1 Å². The minimum atomic E-state index is -4.70. The summed E-state index contributed by atoms with van der Waals surface area (Å²) in [7, 11) is 0. The highest BCUT2D eigenvalue weighted by Crippen LogP contribution is 2.33. The number of nitrogens with one attached hydrogen (secondary N) is 1. The summed E-state index contributed by atoms with van der Waals surface area (Å²) in [5.74, 6) is -0.412. The van der Waals surface area contributed by atoms with Gasteiger partial charge in [-0.3, -0.25) is 9.48 Å². The van der Waals surface area contributed by atoms with Crippen molar-refractivity contribution in [3.8, 4) is 0 Å². The molecule has 2 amide bonds. The molecule has 1 aromatic carbocycles. The van der Waals surface area contributed by atoms with E-state index in [0.717, 1.165) is 31.7 Å². The van der Waals surface area contributed by atoms with Crippen molar-refractivity contribution in [3.05, 3.63) is 51.4 Å². The lowest BCUT2D eigenvalue weighted by Gasteiger charge is -2.34. The van der Waals surface area contributed by atoms with Gasteiger partial charge in [0.1, 0.15) is 11.3 Å². The molecule has 1 N–H and O–H groups in total. The van der Waals surface area contributed by atoms with Gasteiger partial charge < -0.3 is 15.0 Å². The number of hydrogen-bond acceptors (Lipinski definition) is 5. The average molecular weight is 639 g/mol. The summed E-state index contributed by atoms with van der Waals surface area (Å²) < 4.78 is 48.8. The van der Waals surface area contributed by atoms with E-state index in [9.17, 15) is 22.8 Å². The number of piperidine rings is 1. The number of pyridine rings is 1. The monoisotopic (exact) mass is 637 g/mol. The second kappa shape index (κ2) is 12.0. The van der Waals surface area contributed by atoms with Crippen LogP contribution in [-0.4, -0.2) is 50.4 Å². The second-order valence-electron chi connectivity index (χ2n) is 11.2. The number of benzene rings is 1. The van der Waals surface area contributed by atoms with Crippen molar-refractivity contribution < 1.29 is 27.5 Å². The maximum Gasteiger partial charge on any atom is 0.433 e. The number of amides is 2. The number of ether oxygens (including phenoxy) is 1. The molecule has 0 radical (unpaired) electrons. The molecule has 0 atom stereocenters. The number of rotatable bonds is 7. The van der Waals surface area contributed by atoms with Gasteiger partial charge in [-0.1, -0.05) is 29.3 Å². The quantitative estimate of drug-likeness (QED) is 0.290. The summed E-state index contributed by atoms with van der Waals surface area (Å²) in [5.41, 5.74) is 0.0345. The van der Waals surface area contributed by atoms with Gasteiger partial charge in [0.25, 0.3) is 5.91 Å². The van der Waals surface area contributed by atoms with Crippen LogP contribution in [0.3, 0.4) is 0 Å². The number of fused-ring (bicyclic) bond motifs is 1. The number of aromatic nitrogens is 3. The summed E-state index contributed by atoms with van der Waals surface area (Å²) in [4.78, 5) is 31.4. The Morgan fingerprint density at radius 3 is 2.46 bits per heavy atom. The van der Waals surface area contributed by atoms with Gasteiger partial charge in [0, 0.05) is 29.5 Å². The molecule has 8 nitrogen and oxygen atoms in total. The Hall–Kier alpha value is -3.15. The van der Waals surface area contributed by atoms with Gasteiger partial charge in [0.05, 0.1) is 28.2 Å². The molecule has 41 heavy (non-hydrogen) atoms. The fourth-order valence-corrected chi connectivity index (χ4v) is 5.63. The Balaban J connectivity index is 1.47. The Labute approximate surface area is 245 Å². The van der Waals surface area contributed by atoms with Gasteiger partial charge in [-0.05, 0) is 77.1 Å². The highest BCUT2D eigenvalue weighted by molar-refractivity contribution is 9.10. The van der Waals surface area contributed by atoms with Crippen molar-refractivity contribution in [1.29, 1.82) is 0 Å². The van der Waals surface area contributed by atoms with Gasteiger partial charge in [-0.15, -0.1) is 0 Å². The van der Waals surface area contributed by atoms with Gasteiger partial charge in [0.15, 0.2) is 0 Å². The molecule has 0 saturated carbocycles. The van der Waals surface area contributed by atoms with Crippen molar-refractivity contribution >= 4 is 44.5 Å². The smallest absolute Gasteiger partial charge is 0.433 e. The zero-order chi connectivity index (χ0) is 30.1. The first-order valence-corrected chi connectivity index (χ1v) is 14.5. The molecule has 222 valence electrons. The predicted octanol–water partition coefficient (Wildman–Crippen LogP) is 7.51. The van der Waals surface area contributed by atoms with Gasteiger partial charge in [-0.25, -0.2) is 9.78 Å². The molecule has 4 rings (SSSR count). The fraction of sp³-hybridized carbons (Fsp3) is 0.517. The van der Waals surface area contributed by atoms with E-state index < -0.39 is 23.4 Å². The van der Waals surface area contributed by atoms with Crippen LogP contribution in [0.1, 0.15) is 73.9 Å². The fourth-order valence-electron chi connectivity index (χ4n) is 5.26. The summed E-state index contributed by atoms with van der Waals surface area (Å²) in [6.07, 6.45) is -1.71. The molecule has 1 fully saturated rings. The SMILES string of the molecule is CCCC(C)(C)OC(=O)N1CCC(Cn2nc(C)c(NC(=O)c3cc(C(F)(F)F)nc4ccc(Br)cc34)c2C)CC1. The zero-order valence-corrected chi connectivity index (χ0v) is 25.4. The van der Waals surface area contributed by atoms with Crippen molar-refractivity contribution in [2.45, 2.75) is 78.6 Å². The Kier molecular flexibility index (Phi) is 9.01. The maximum absolute atomic E-state index is 13.5. The van der Waals surface area contributed by atoms with Crippen molar-refractivity contribution in [2.75, 3.05) is 18.4 Å². The number of carbonyl (C=O) groups is 2. The minimum Gasteiger partial charge on any atom is -0.443 e. The molecular formula is C29H35BrF3N5O3. The summed E-state index contributed by atoms with van der Waals surface area (Å²) >= 11 is 3.32. The van der Waals surface area contributed by atoms with Gasteiger partial charge in [0.2, 0.25) is 0 Å². The Morgan fingerprint density at radius 1 is 1.15 bits per heavy atom. The molecule has 1 aliphatic heterocycles. The number of aryl methyl sites for hydroxylation is 1. The van der Waals surface area contributed by atoms with Crippen LogP contribution in [0.25, 0.3) is 10.9 Å². The number of halogens is 4. The standard InChI is InChI=1S/C29H35BrF3N5O3/c1-6-11-28(4,5)41-27(40)37-12-9-19(10-13-37)16-38-18(3)25(17(2)36-38)35-26(39)22-15-24(29(31,32)33)34-23-8-7-20(30)14-21(22)23/h7-8,14-15,19H,6,9-13,16H2,1-5H3,(H,35,39). The third kappa shape index (κ3) is 7.20. The lowest BCUT2D eigenvalue weighted by molar-refractivity contribution is -0.141. The van der Waals surface area contributed by atoms with E-state index in [0.29, 0.717) is 46.6 Å². The van der Waals surface area contributed by atoms with Crippen LogP contribution in [0.4, 0.5) is 23.7 Å². The van der Waals surface area contributed by atoms with Crippen molar-refractivity contribution in [3.63, 3.8) is 0 Å². The van der Waals surface area contributed by atoms with Crippen LogP contribution >= 0.6 is 15.9 Å². The zero-order valence-electron chi connectivity index (χ0n) is 23.9. The van der Waals surface area contributed by atoms with Crippen LogP contribution in [-0.2, 0) is 17.5 Å². The lowest BCUT2D eigenvalue weighted by Crippen LogP contribution is -2.43. The van der Waals surface area contributed by atoms with E-state index >= 15 is 0 Å². The van der Waals surface area contributed by atoms with Crippen LogP contribution in [0.2, 0.25) is 0 Å². The highest BCUT2D eigenvalue weighted by Gasteiger charge is 2.34. The molecular weight excluding hydrogens is 603 g/mol. The van der Waals surface area contributed by atoms with Crippen molar-refractivity contribution in [2.24, 2.45) is 5.92 Å². The first-order chi connectivity index (χ1) is 19.2. The summed E-state index contributed by atoms with van der Waals surface area (Å²) in [6, 6.07) is 5.38. The third-order valence-electron chi connectivity index (χ3n) is 7.45. The maximum atomic E-state index is 13.5. The van der Waals surface area contributed by atoms with E-state index in [1.165, 1.54) is 6.07 Å². The van der Waals surface area contributed by atoms with E-state index in [1.54, 1.807) is 24.0 Å². The molecule has 0 bridgehead atoms. The van der Waals surface area contributed by atoms with Crippen LogP contribution in [0.15, 0.2) is 28.7 Å². The third-order valence-corrected chi connectivity index (χ3v) is 7.94. The number of carbonyl (C=O) groups excluding carboxylic acids is 2. The highest BCUT2D eigenvalue weighted by atomic mass is 79.9. The first kappa shape index (κ1) is 30.8. The first-order valence-electron chi connectivity index (χ1n) is 13.7. The summed E-state index contributed by atoms with van der Waals surface area (Å²) in [6.45, 7) is 11.2. The number of anilines is 1. The molecule has 12 heteroatoms. The lowest BCUT2D eigenvalue weighted by atomic mass is 9.97. The molecule has 1 saturated heterocycles. The van der Waals surface area contributed by atoms with E-state index in [2.05, 4.69) is 38.3 Å². The molecule has 1 aliphatic rings. The molecule has 3 aromatic rings. The second-order valence-corrected chi connectivity index (χ2v) is 12.1. The van der Waals surface area contributed by atoms with Gasteiger partial charge >= 0.3 is 12.3 Å². The van der Waals surface area contributed by atoms with Gasteiger partial charge in [-0.2, -0.15) is 18.3 Å². The van der Waals surface area contributed by atoms with E-state index in [1.807, 2.05) is 25.5 Å². The molecule has 0 spiro atoms. The molecule has 3 heterocycles. The molecule has 0 aliphatic carbocycles. The van der Waals surface area contributed by atoms with Crippen LogP contribution in [0, 0.1) is 19.8 Å². The van der Waals surface area contributed by atoms with E-state index in [4.69, 9.17) is 4.74 Å². The average Bonchev–Trinajstić information content (AvgIpc) is 3.14. The Morgan fingerprint density at radius 2 is 1.83 bits per heavy atom. The molecule has 0 unspecified atom stereocenters. The predicted molar refractivity (Wildman–Crippen MR) is 154 cm³/mol. The number of nitrogens with zero attached hydrogens (tertiary/aromatic N) is 4. The normalized spacial score (nSPS) is 14.9. The summed E-state index contributed by atoms with van der Waals surface area (Å²) in [5, 5.41) is 7.70. The number of likely N-dealkylation sites (tertiary alicyclic amines) is 1.